The van der Waals surface area contributed by atoms with Gasteiger partial charge in [0.25, 0.3) is 10.0 Å². The number of nitrogens with one attached hydrogen (secondary N) is 1. The van der Waals surface area contributed by atoms with Gasteiger partial charge in [0, 0.05) is 35.3 Å². The molecule has 2 aromatic carbocycles. The molecule has 3 aromatic rings. The van der Waals surface area contributed by atoms with Crippen LogP contribution in [0, 0.1) is 11.6 Å². The quantitative estimate of drug-likeness (QED) is 0.440. The van der Waals surface area contributed by atoms with Crippen molar-refractivity contribution in [3.05, 3.63) is 57.7 Å². The number of benzene rings is 2. The average Bonchev–Trinajstić information content (AvgIpc) is 3.00. The number of nitrogens with zero attached hydrogens (tertiary/aromatic N) is 1. The van der Waals surface area contributed by atoms with Crippen molar-refractivity contribution in [3.63, 3.8) is 0 Å². The highest BCUT2D eigenvalue weighted by Gasteiger charge is 2.30. The number of aromatic nitrogens is 1. The number of fused-ring (bicyclic) bond motifs is 1. The normalized spacial score (nSPS) is 11.9. The van der Waals surface area contributed by atoms with E-state index < -0.39 is 34.1 Å². The molecule has 5 nitrogen and oxygen atoms in total. The number of aromatic amines is 1. The molecule has 10 heteroatoms. The maximum absolute atomic E-state index is 14.4. The van der Waals surface area contributed by atoms with Crippen LogP contribution >= 0.6 is 27.5 Å². The summed E-state index contributed by atoms with van der Waals surface area (Å²) < 4.78 is 60.0. The van der Waals surface area contributed by atoms with Gasteiger partial charge < -0.3 is 9.72 Å². The molecule has 0 fully saturated rings. The Bertz CT molecular complexity index is 1090. The molecule has 0 amide bonds. The van der Waals surface area contributed by atoms with Crippen molar-refractivity contribution in [2.45, 2.75) is 4.90 Å². The van der Waals surface area contributed by atoms with E-state index in [2.05, 4.69) is 20.9 Å². The number of hydrogen-bond acceptors (Lipinski definition) is 3. The highest BCUT2D eigenvalue weighted by molar-refractivity contribution is 9.10. The molecule has 0 aliphatic heterocycles. The van der Waals surface area contributed by atoms with Crippen molar-refractivity contribution in [2.24, 2.45) is 0 Å². The van der Waals surface area contributed by atoms with Crippen LogP contribution in [0.1, 0.15) is 0 Å². The summed E-state index contributed by atoms with van der Waals surface area (Å²) >= 11 is 8.77. The van der Waals surface area contributed by atoms with Gasteiger partial charge in [0.15, 0.2) is 0 Å². The van der Waals surface area contributed by atoms with Gasteiger partial charge in [-0.1, -0.05) is 11.6 Å². The van der Waals surface area contributed by atoms with Crippen LogP contribution in [-0.2, 0) is 14.8 Å². The maximum Gasteiger partial charge on any atom is 0.268 e. The second kappa shape index (κ2) is 7.15. The summed E-state index contributed by atoms with van der Waals surface area (Å²) in [7, 11) is -3.00. The largest absolute Gasteiger partial charge is 0.363 e. The molecule has 0 atom stereocenters. The second-order valence-corrected chi connectivity index (χ2v) is 8.45. The molecule has 3 rings (SSSR count). The first-order valence-corrected chi connectivity index (χ1v) is 9.79. The van der Waals surface area contributed by atoms with E-state index in [0.717, 1.165) is 12.1 Å². The minimum Gasteiger partial charge on any atom is -0.363 e. The van der Waals surface area contributed by atoms with E-state index in [1.54, 1.807) is 6.07 Å². The molecule has 1 heterocycles. The van der Waals surface area contributed by atoms with Gasteiger partial charge in [-0.3, -0.25) is 0 Å². The second-order valence-electron chi connectivity index (χ2n) is 5.33. The Kier molecular flexibility index (Phi) is 5.25. The Hall–Kier alpha value is -1.68. The van der Waals surface area contributed by atoms with Gasteiger partial charge in [-0.15, -0.1) is 0 Å². The van der Waals surface area contributed by atoms with Crippen molar-refractivity contribution in [2.75, 3.05) is 18.1 Å². The van der Waals surface area contributed by atoms with Crippen LogP contribution in [0.4, 0.5) is 14.5 Å². The van der Waals surface area contributed by atoms with Crippen molar-refractivity contribution in [3.8, 4) is 0 Å². The molecule has 26 heavy (non-hydrogen) atoms. The fourth-order valence-corrected chi connectivity index (χ4v) is 4.52. The van der Waals surface area contributed by atoms with Gasteiger partial charge in [0.1, 0.15) is 23.3 Å². The van der Waals surface area contributed by atoms with Gasteiger partial charge in [-0.2, -0.15) is 0 Å². The zero-order chi connectivity index (χ0) is 19.1. The molecule has 0 saturated carbocycles. The Balaban J connectivity index is 2.19. The van der Waals surface area contributed by atoms with E-state index in [0.29, 0.717) is 20.2 Å². The number of sulfonamides is 1. The minimum absolute atomic E-state index is 0.107. The first-order chi connectivity index (χ1) is 12.3. The Morgan fingerprint density at radius 1 is 1.23 bits per heavy atom. The number of rotatable bonds is 5. The van der Waals surface area contributed by atoms with Gasteiger partial charge in [0.2, 0.25) is 0 Å². The summed E-state index contributed by atoms with van der Waals surface area (Å²) in [6.45, 7) is -0.499. The lowest BCUT2D eigenvalue weighted by atomic mass is 10.2. The van der Waals surface area contributed by atoms with Gasteiger partial charge >= 0.3 is 0 Å². The Morgan fingerprint density at radius 3 is 2.65 bits per heavy atom. The number of methoxy groups -OCH3 is 1. The fraction of sp³-hybridized carbons (Fsp3) is 0.125. The van der Waals surface area contributed by atoms with E-state index in [1.165, 1.54) is 25.4 Å². The minimum atomic E-state index is -4.25. The molecule has 0 aliphatic rings. The Morgan fingerprint density at radius 2 is 1.96 bits per heavy atom. The third-order valence-electron chi connectivity index (χ3n) is 3.68. The molecular formula is C16H12BrClF2N2O3S. The van der Waals surface area contributed by atoms with Crippen LogP contribution in [0.5, 0.6) is 0 Å². The van der Waals surface area contributed by atoms with Crippen LogP contribution in [0.3, 0.4) is 0 Å². The number of halogens is 4. The van der Waals surface area contributed by atoms with E-state index in [-0.39, 0.29) is 9.37 Å². The summed E-state index contributed by atoms with van der Waals surface area (Å²) in [4.78, 5) is 2.70. The molecule has 0 unspecified atom stereocenters. The number of hydrogen-bond donors (Lipinski definition) is 1. The monoisotopic (exact) mass is 464 g/mol. The number of H-pyrrole nitrogens is 1. The van der Waals surface area contributed by atoms with Crippen molar-refractivity contribution < 1.29 is 21.9 Å². The van der Waals surface area contributed by atoms with E-state index >= 15 is 0 Å². The van der Waals surface area contributed by atoms with Crippen molar-refractivity contribution >= 4 is 54.1 Å². The summed E-state index contributed by atoms with van der Waals surface area (Å²) in [6.07, 6.45) is 1.27. The van der Waals surface area contributed by atoms with Gasteiger partial charge in [-0.05, 0) is 40.2 Å². The third-order valence-corrected chi connectivity index (χ3v) is 6.30. The average molecular weight is 466 g/mol. The van der Waals surface area contributed by atoms with Crippen molar-refractivity contribution in [1.29, 1.82) is 0 Å². The lowest BCUT2D eigenvalue weighted by Crippen LogP contribution is -2.33. The van der Waals surface area contributed by atoms with Crippen LogP contribution in [0.25, 0.3) is 10.9 Å². The molecule has 0 aliphatic carbocycles. The molecular weight excluding hydrogens is 454 g/mol. The molecule has 138 valence electrons. The molecule has 0 radical (unpaired) electrons. The molecule has 0 bridgehead atoms. The maximum atomic E-state index is 14.4. The van der Waals surface area contributed by atoms with Crippen molar-refractivity contribution in [1.82, 2.24) is 4.98 Å². The van der Waals surface area contributed by atoms with E-state index in [9.17, 15) is 17.2 Å². The lowest BCUT2D eigenvalue weighted by molar-refractivity contribution is 0.209. The van der Waals surface area contributed by atoms with E-state index in [4.69, 9.17) is 16.3 Å². The summed E-state index contributed by atoms with van der Waals surface area (Å²) in [6, 6.07) is 6.29. The molecule has 1 aromatic heterocycles. The highest BCUT2D eigenvalue weighted by atomic mass is 79.9. The summed E-state index contributed by atoms with van der Waals surface area (Å²) in [5.41, 5.74) is 0.0340. The fourth-order valence-electron chi connectivity index (χ4n) is 2.49. The SMILES string of the molecule is COCN(c1cc(F)c(Br)cc1F)S(=O)(=O)c1c[nH]c2cc(Cl)ccc12. The standard InChI is InChI=1S/C16H12BrClF2N2O3S/c1-25-8-22(15-6-12(19)11(17)5-13(15)20)26(23,24)16-7-21-14-4-9(18)2-3-10(14)16/h2-7,21H,8H2,1H3. The zero-order valence-electron chi connectivity index (χ0n) is 13.3. The van der Waals surface area contributed by atoms with Crippen LogP contribution in [0.2, 0.25) is 5.02 Å². The first-order valence-electron chi connectivity index (χ1n) is 7.18. The number of ether oxygens (including phenoxy) is 1. The zero-order valence-corrected chi connectivity index (χ0v) is 16.4. The number of anilines is 1. The molecule has 0 saturated heterocycles. The topological polar surface area (TPSA) is 62.4 Å². The summed E-state index contributed by atoms with van der Waals surface area (Å²) in [5, 5.41) is 0.798. The smallest absolute Gasteiger partial charge is 0.268 e. The summed E-state index contributed by atoms with van der Waals surface area (Å²) in [5.74, 6) is -1.72. The molecule has 1 N–H and O–H groups in total. The lowest BCUT2D eigenvalue weighted by Gasteiger charge is -2.24. The van der Waals surface area contributed by atoms with Gasteiger partial charge in [0.05, 0.1) is 10.2 Å². The van der Waals surface area contributed by atoms with Crippen LogP contribution < -0.4 is 4.31 Å². The van der Waals surface area contributed by atoms with Crippen LogP contribution in [-0.4, -0.2) is 27.2 Å². The Labute approximate surface area is 161 Å². The first kappa shape index (κ1) is 19.1. The van der Waals surface area contributed by atoms with Gasteiger partial charge in [-0.25, -0.2) is 21.5 Å². The van der Waals surface area contributed by atoms with E-state index in [1.807, 2.05) is 0 Å². The predicted molar refractivity (Wildman–Crippen MR) is 98.9 cm³/mol. The molecule has 0 spiro atoms. The predicted octanol–water partition coefficient (Wildman–Crippen LogP) is 4.66. The highest BCUT2D eigenvalue weighted by Crippen LogP contribution is 2.33. The van der Waals surface area contributed by atoms with Crippen LogP contribution in [0.15, 0.2) is 45.9 Å². The third kappa shape index (κ3) is 3.32.